The first-order valence-electron chi connectivity index (χ1n) is 8.50. The van der Waals surface area contributed by atoms with E-state index in [0.717, 1.165) is 24.3 Å². The van der Waals surface area contributed by atoms with Crippen LogP contribution in [0.4, 0.5) is 5.69 Å². The number of anilines is 1. The molecule has 1 saturated carbocycles. The number of rotatable bonds is 5. The van der Waals surface area contributed by atoms with E-state index in [9.17, 15) is 4.79 Å². The molecule has 0 bridgehead atoms. The lowest BCUT2D eigenvalue weighted by Gasteiger charge is -2.33. The number of thioether (sulfide) groups is 1. The van der Waals surface area contributed by atoms with Crippen molar-refractivity contribution in [3.05, 3.63) is 48.0 Å². The summed E-state index contributed by atoms with van der Waals surface area (Å²) in [5, 5.41) is 8.08. The summed E-state index contributed by atoms with van der Waals surface area (Å²) in [6.07, 6.45) is 7.07. The van der Waals surface area contributed by atoms with Crippen LogP contribution in [0.15, 0.2) is 36.8 Å². The Labute approximate surface area is 155 Å². The molecule has 2 unspecified atom stereocenters. The van der Waals surface area contributed by atoms with E-state index in [-0.39, 0.29) is 18.0 Å². The summed E-state index contributed by atoms with van der Waals surface area (Å²) in [4.78, 5) is 21.1. The second-order valence-corrected chi connectivity index (χ2v) is 7.31. The van der Waals surface area contributed by atoms with Crippen LogP contribution in [0, 0.1) is 0 Å². The maximum Gasteiger partial charge on any atom is 0.276 e. The van der Waals surface area contributed by atoms with Crippen molar-refractivity contribution in [1.82, 2.24) is 19.7 Å². The van der Waals surface area contributed by atoms with E-state index >= 15 is 0 Å². The van der Waals surface area contributed by atoms with Crippen molar-refractivity contribution < 1.29 is 4.79 Å². The Bertz CT molecular complexity index is 939. The number of nitrogens with one attached hydrogen (secondary N) is 1. The number of hydrogen-bond donors (Lipinski definition) is 2. The molecule has 0 radical (unpaired) electrons. The monoisotopic (exact) mass is 368 g/mol. The first-order chi connectivity index (χ1) is 12.7. The fourth-order valence-electron chi connectivity index (χ4n) is 3.13. The van der Waals surface area contributed by atoms with Crippen molar-refractivity contribution in [2.75, 3.05) is 11.6 Å². The van der Waals surface area contributed by atoms with E-state index in [4.69, 9.17) is 5.73 Å². The van der Waals surface area contributed by atoms with Crippen molar-refractivity contribution in [3.8, 4) is 0 Å². The van der Waals surface area contributed by atoms with Crippen LogP contribution in [0.25, 0.3) is 11.0 Å². The zero-order valence-electron chi connectivity index (χ0n) is 14.4. The number of aromatic nitrogens is 4. The molecule has 1 aromatic carbocycles. The van der Waals surface area contributed by atoms with Crippen LogP contribution in [0.5, 0.6) is 0 Å². The molecular formula is C18H20N6OS. The minimum Gasteiger partial charge on any atom is -0.326 e. The van der Waals surface area contributed by atoms with Gasteiger partial charge in [-0.3, -0.25) is 4.79 Å². The van der Waals surface area contributed by atoms with Crippen molar-refractivity contribution in [2.24, 2.45) is 5.73 Å². The highest BCUT2D eigenvalue weighted by Crippen LogP contribution is 2.33. The highest BCUT2D eigenvalue weighted by molar-refractivity contribution is 7.97. The molecule has 1 amide bonds. The van der Waals surface area contributed by atoms with Gasteiger partial charge in [0, 0.05) is 23.7 Å². The van der Waals surface area contributed by atoms with E-state index < -0.39 is 0 Å². The van der Waals surface area contributed by atoms with Gasteiger partial charge in [0.05, 0.1) is 11.4 Å². The molecule has 8 heteroatoms. The van der Waals surface area contributed by atoms with Crippen LogP contribution in [0.2, 0.25) is 0 Å². The standard InChI is InChI=1S/C18H20N6OS/c1-26-9-11-2-4-12(5-3-11)22-18(25)16-13-8-20-10-21-17(13)24(23-16)15-7-6-14(15)19/h2-5,8,10,14-15H,6-7,9,19H2,1H3,(H,22,25). The minimum absolute atomic E-state index is 0.0490. The molecule has 1 fully saturated rings. The van der Waals surface area contributed by atoms with E-state index in [2.05, 4.69) is 26.6 Å². The van der Waals surface area contributed by atoms with Gasteiger partial charge in [-0.2, -0.15) is 16.9 Å². The molecule has 4 rings (SSSR count). The van der Waals surface area contributed by atoms with Gasteiger partial charge < -0.3 is 11.1 Å². The van der Waals surface area contributed by atoms with Crippen LogP contribution in [-0.2, 0) is 5.75 Å². The number of hydrogen-bond acceptors (Lipinski definition) is 6. The molecule has 1 aliphatic carbocycles. The fourth-order valence-corrected chi connectivity index (χ4v) is 3.66. The maximum atomic E-state index is 12.8. The van der Waals surface area contributed by atoms with Crippen molar-refractivity contribution in [3.63, 3.8) is 0 Å². The van der Waals surface area contributed by atoms with Crippen LogP contribution >= 0.6 is 11.8 Å². The zero-order valence-corrected chi connectivity index (χ0v) is 15.2. The minimum atomic E-state index is -0.269. The van der Waals surface area contributed by atoms with Gasteiger partial charge in [0.15, 0.2) is 11.3 Å². The second kappa shape index (κ2) is 7.05. The molecular weight excluding hydrogens is 348 g/mol. The summed E-state index contributed by atoms with van der Waals surface area (Å²) in [6.45, 7) is 0. The Kier molecular flexibility index (Phi) is 4.60. The average molecular weight is 368 g/mol. The summed E-state index contributed by atoms with van der Waals surface area (Å²) in [6, 6.07) is 7.97. The molecule has 3 aromatic rings. The molecule has 2 heterocycles. The summed E-state index contributed by atoms with van der Waals surface area (Å²) in [5.74, 6) is 0.677. The zero-order chi connectivity index (χ0) is 18.1. The van der Waals surface area contributed by atoms with Crippen LogP contribution in [-0.4, -0.2) is 38.0 Å². The highest BCUT2D eigenvalue weighted by Gasteiger charge is 2.33. The maximum absolute atomic E-state index is 12.8. The average Bonchev–Trinajstić information content (AvgIpc) is 3.02. The number of benzene rings is 1. The Morgan fingerprint density at radius 3 is 2.81 bits per heavy atom. The molecule has 3 N–H and O–H groups in total. The van der Waals surface area contributed by atoms with Gasteiger partial charge in [-0.15, -0.1) is 0 Å². The number of amides is 1. The SMILES string of the molecule is CSCc1ccc(NC(=O)c2nn(C3CCC3N)c3ncncc23)cc1. The molecule has 0 aliphatic heterocycles. The van der Waals surface area contributed by atoms with Gasteiger partial charge in [0.1, 0.15) is 6.33 Å². The lowest BCUT2D eigenvalue weighted by molar-refractivity contribution is 0.102. The van der Waals surface area contributed by atoms with Crippen molar-refractivity contribution in [2.45, 2.75) is 30.7 Å². The molecule has 2 atom stereocenters. The van der Waals surface area contributed by atoms with Gasteiger partial charge in [-0.05, 0) is 36.8 Å². The molecule has 7 nitrogen and oxygen atoms in total. The van der Waals surface area contributed by atoms with E-state index in [1.807, 2.05) is 24.3 Å². The number of carbonyl (C=O) groups excluding carboxylic acids is 1. The molecule has 1 aliphatic rings. The molecule has 26 heavy (non-hydrogen) atoms. The predicted octanol–water partition coefficient (Wildman–Crippen LogP) is 2.60. The molecule has 134 valence electrons. The summed E-state index contributed by atoms with van der Waals surface area (Å²) in [5.41, 5.74) is 9.02. The normalized spacial score (nSPS) is 19.3. The predicted molar refractivity (Wildman–Crippen MR) is 103 cm³/mol. The largest absolute Gasteiger partial charge is 0.326 e. The topological polar surface area (TPSA) is 98.7 Å². The van der Waals surface area contributed by atoms with Gasteiger partial charge in [-0.25, -0.2) is 14.6 Å². The first kappa shape index (κ1) is 17.0. The van der Waals surface area contributed by atoms with Gasteiger partial charge in [0.2, 0.25) is 0 Å². The van der Waals surface area contributed by atoms with Crippen molar-refractivity contribution in [1.29, 1.82) is 0 Å². The van der Waals surface area contributed by atoms with Gasteiger partial charge in [-0.1, -0.05) is 12.1 Å². The van der Waals surface area contributed by atoms with Gasteiger partial charge in [0.25, 0.3) is 5.91 Å². The number of fused-ring (bicyclic) bond motifs is 1. The Hall–Kier alpha value is -2.45. The van der Waals surface area contributed by atoms with Crippen molar-refractivity contribution >= 4 is 34.4 Å². The summed E-state index contributed by atoms with van der Waals surface area (Å²) >= 11 is 1.76. The number of carbonyl (C=O) groups is 1. The first-order valence-corrected chi connectivity index (χ1v) is 9.90. The number of nitrogens with two attached hydrogens (primary N) is 1. The lowest BCUT2D eigenvalue weighted by atomic mass is 9.87. The number of nitrogens with zero attached hydrogens (tertiary/aromatic N) is 4. The van der Waals surface area contributed by atoms with E-state index in [1.54, 1.807) is 22.6 Å². The molecule has 0 saturated heterocycles. The quantitative estimate of drug-likeness (QED) is 0.718. The van der Waals surface area contributed by atoms with E-state index in [1.165, 1.54) is 11.9 Å². The second-order valence-electron chi connectivity index (χ2n) is 6.45. The molecule has 0 spiro atoms. The lowest BCUT2D eigenvalue weighted by Crippen LogP contribution is -2.41. The summed E-state index contributed by atoms with van der Waals surface area (Å²) < 4.78 is 1.78. The molecule has 2 aromatic heterocycles. The Balaban J connectivity index is 1.62. The Morgan fingerprint density at radius 1 is 1.35 bits per heavy atom. The van der Waals surface area contributed by atoms with Crippen LogP contribution in [0.1, 0.15) is 34.9 Å². The third kappa shape index (κ3) is 3.06. The highest BCUT2D eigenvalue weighted by atomic mass is 32.2. The Morgan fingerprint density at radius 2 is 2.15 bits per heavy atom. The smallest absolute Gasteiger partial charge is 0.276 e. The van der Waals surface area contributed by atoms with E-state index in [0.29, 0.717) is 16.7 Å². The third-order valence-electron chi connectivity index (χ3n) is 4.71. The summed E-state index contributed by atoms with van der Waals surface area (Å²) in [7, 11) is 0. The fraction of sp³-hybridized carbons (Fsp3) is 0.333. The third-order valence-corrected chi connectivity index (χ3v) is 5.34. The van der Waals surface area contributed by atoms with Crippen LogP contribution in [0.3, 0.4) is 0 Å². The van der Waals surface area contributed by atoms with Gasteiger partial charge >= 0.3 is 0 Å². The van der Waals surface area contributed by atoms with Crippen LogP contribution < -0.4 is 11.1 Å².